The van der Waals surface area contributed by atoms with Gasteiger partial charge in [0.25, 0.3) is 0 Å². The van der Waals surface area contributed by atoms with Crippen LogP contribution in [0.25, 0.3) is 6.08 Å². The molecule has 1 heterocycles. The van der Waals surface area contributed by atoms with E-state index >= 15 is 0 Å². The number of hydrogen-bond acceptors (Lipinski definition) is 2. The van der Waals surface area contributed by atoms with E-state index in [0.29, 0.717) is 6.54 Å². The molecule has 68 valence electrons. The Balaban J connectivity index is 2.25. The van der Waals surface area contributed by atoms with Gasteiger partial charge in [-0.2, -0.15) is 0 Å². The smallest absolute Gasteiger partial charge is 0.0110 e. The first-order valence-corrected chi connectivity index (χ1v) is 5.51. The molecule has 0 aliphatic carbocycles. The van der Waals surface area contributed by atoms with E-state index in [-0.39, 0.29) is 0 Å². The summed E-state index contributed by atoms with van der Waals surface area (Å²) in [6.45, 7) is 0.615. The Morgan fingerprint density at radius 3 is 3.23 bits per heavy atom. The summed E-state index contributed by atoms with van der Waals surface area (Å²) in [6, 6.07) is 6.64. The van der Waals surface area contributed by atoms with Crippen molar-refractivity contribution in [2.75, 3.05) is 12.3 Å². The van der Waals surface area contributed by atoms with Crippen molar-refractivity contribution in [3.63, 3.8) is 0 Å². The Bertz CT molecular complexity index is 331. The van der Waals surface area contributed by atoms with E-state index in [2.05, 4.69) is 24.3 Å². The number of rotatable bonds is 2. The zero-order chi connectivity index (χ0) is 9.10. The molecule has 0 radical (unpaired) electrons. The van der Waals surface area contributed by atoms with Gasteiger partial charge in [0, 0.05) is 17.2 Å². The Morgan fingerprint density at radius 1 is 1.46 bits per heavy atom. The Labute approximate surface area is 83.0 Å². The molecular formula is C11H13NS. The summed E-state index contributed by atoms with van der Waals surface area (Å²) in [5, 5.41) is 0. The molecule has 1 aliphatic heterocycles. The van der Waals surface area contributed by atoms with Crippen LogP contribution in [-0.4, -0.2) is 12.3 Å². The SMILES string of the molecule is NC/C=C/c1ccc2c(c1)SCC2. The summed E-state index contributed by atoms with van der Waals surface area (Å²) in [4.78, 5) is 1.44. The van der Waals surface area contributed by atoms with E-state index < -0.39 is 0 Å². The maximum atomic E-state index is 5.40. The highest BCUT2D eigenvalue weighted by molar-refractivity contribution is 7.99. The normalized spacial score (nSPS) is 15.2. The lowest BCUT2D eigenvalue weighted by Gasteiger charge is -1.99. The molecule has 0 fully saturated rings. The van der Waals surface area contributed by atoms with Crippen molar-refractivity contribution in [2.45, 2.75) is 11.3 Å². The monoisotopic (exact) mass is 191 g/mol. The summed E-state index contributed by atoms with van der Waals surface area (Å²) in [6.07, 6.45) is 5.29. The molecule has 1 aromatic rings. The molecule has 1 nitrogen and oxygen atoms in total. The van der Waals surface area contributed by atoms with Gasteiger partial charge in [-0.3, -0.25) is 0 Å². The van der Waals surface area contributed by atoms with Crippen molar-refractivity contribution in [1.29, 1.82) is 0 Å². The molecule has 0 amide bonds. The van der Waals surface area contributed by atoms with E-state index in [1.54, 1.807) is 0 Å². The molecule has 0 atom stereocenters. The van der Waals surface area contributed by atoms with Crippen LogP contribution >= 0.6 is 11.8 Å². The van der Waals surface area contributed by atoms with Gasteiger partial charge >= 0.3 is 0 Å². The van der Waals surface area contributed by atoms with E-state index in [4.69, 9.17) is 5.73 Å². The predicted molar refractivity (Wildman–Crippen MR) is 59.0 cm³/mol. The zero-order valence-electron chi connectivity index (χ0n) is 7.49. The first kappa shape index (κ1) is 8.85. The fourth-order valence-corrected chi connectivity index (χ4v) is 2.61. The molecule has 2 rings (SSSR count). The topological polar surface area (TPSA) is 26.0 Å². The van der Waals surface area contributed by atoms with E-state index in [9.17, 15) is 0 Å². The van der Waals surface area contributed by atoms with Gasteiger partial charge in [0.05, 0.1) is 0 Å². The fourth-order valence-electron chi connectivity index (χ4n) is 1.49. The van der Waals surface area contributed by atoms with E-state index in [1.807, 2.05) is 17.8 Å². The molecule has 0 spiro atoms. The molecule has 1 aromatic carbocycles. The summed E-state index contributed by atoms with van der Waals surface area (Å²) in [7, 11) is 0. The van der Waals surface area contributed by atoms with Crippen LogP contribution in [0, 0.1) is 0 Å². The molecule has 0 saturated heterocycles. The Hall–Kier alpha value is -0.730. The fraction of sp³-hybridized carbons (Fsp3) is 0.273. The first-order valence-electron chi connectivity index (χ1n) is 4.52. The third-order valence-corrected chi connectivity index (χ3v) is 3.27. The minimum absolute atomic E-state index is 0.615. The molecule has 2 heteroatoms. The third kappa shape index (κ3) is 1.95. The van der Waals surface area contributed by atoms with Gasteiger partial charge in [-0.05, 0) is 23.6 Å². The van der Waals surface area contributed by atoms with Gasteiger partial charge in [-0.15, -0.1) is 11.8 Å². The lowest BCUT2D eigenvalue weighted by molar-refractivity contribution is 1.14. The number of fused-ring (bicyclic) bond motifs is 1. The van der Waals surface area contributed by atoms with E-state index in [0.717, 1.165) is 0 Å². The minimum atomic E-state index is 0.615. The largest absolute Gasteiger partial charge is 0.327 e. The quantitative estimate of drug-likeness (QED) is 0.776. The highest BCUT2D eigenvalue weighted by Gasteiger charge is 2.10. The number of hydrogen-bond donors (Lipinski definition) is 1. The number of thioether (sulfide) groups is 1. The Morgan fingerprint density at radius 2 is 2.38 bits per heavy atom. The maximum Gasteiger partial charge on any atom is 0.0110 e. The van der Waals surface area contributed by atoms with Crippen LogP contribution in [0.1, 0.15) is 11.1 Å². The number of aryl methyl sites for hydroxylation is 1. The Kier molecular flexibility index (Phi) is 2.71. The van der Waals surface area contributed by atoms with Crippen LogP contribution < -0.4 is 5.73 Å². The second-order valence-corrected chi connectivity index (χ2v) is 4.24. The van der Waals surface area contributed by atoms with Gasteiger partial charge in [0.1, 0.15) is 0 Å². The summed E-state index contributed by atoms with van der Waals surface area (Å²) >= 11 is 1.95. The molecule has 1 aliphatic rings. The van der Waals surface area contributed by atoms with Crippen molar-refractivity contribution in [3.8, 4) is 0 Å². The second-order valence-electron chi connectivity index (χ2n) is 3.10. The molecule has 2 N–H and O–H groups in total. The van der Waals surface area contributed by atoms with Gasteiger partial charge in [0.15, 0.2) is 0 Å². The first-order chi connectivity index (χ1) is 6.40. The van der Waals surface area contributed by atoms with Gasteiger partial charge < -0.3 is 5.73 Å². The molecule has 0 bridgehead atoms. The average molecular weight is 191 g/mol. The molecular weight excluding hydrogens is 178 g/mol. The van der Waals surface area contributed by atoms with Crippen molar-refractivity contribution in [3.05, 3.63) is 35.4 Å². The summed E-state index contributed by atoms with van der Waals surface area (Å²) in [5.74, 6) is 1.24. The lowest BCUT2D eigenvalue weighted by Crippen LogP contribution is -1.92. The van der Waals surface area contributed by atoms with Crippen LogP contribution in [0.3, 0.4) is 0 Å². The van der Waals surface area contributed by atoms with Crippen molar-refractivity contribution in [2.24, 2.45) is 5.73 Å². The van der Waals surface area contributed by atoms with Crippen molar-refractivity contribution < 1.29 is 0 Å². The summed E-state index contributed by atoms with van der Waals surface area (Å²) < 4.78 is 0. The predicted octanol–water partition coefficient (Wildman–Crippen LogP) is 2.31. The number of benzene rings is 1. The van der Waals surface area contributed by atoms with Crippen LogP contribution in [0.5, 0.6) is 0 Å². The molecule has 0 unspecified atom stereocenters. The van der Waals surface area contributed by atoms with Crippen LogP contribution in [-0.2, 0) is 6.42 Å². The van der Waals surface area contributed by atoms with Gasteiger partial charge in [-0.25, -0.2) is 0 Å². The summed E-state index contributed by atoms with van der Waals surface area (Å²) in [5.41, 5.74) is 8.16. The maximum absolute atomic E-state index is 5.40. The van der Waals surface area contributed by atoms with Gasteiger partial charge in [-0.1, -0.05) is 24.3 Å². The lowest BCUT2D eigenvalue weighted by atomic mass is 10.1. The van der Waals surface area contributed by atoms with Crippen LogP contribution in [0.15, 0.2) is 29.2 Å². The standard InChI is InChI=1S/C11H13NS/c12-6-1-2-9-3-4-10-5-7-13-11(10)8-9/h1-4,8H,5-7,12H2/b2-1+. The van der Waals surface area contributed by atoms with Crippen LogP contribution in [0.4, 0.5) is 0 Å². The highest BCUT2D eigenvalue weighted by atomic mass is 32.2. The average Bonchev–Trinajstić information content (AvgIpc) is 2.61. The number of nitrogens with two attached hydrogens (primary N) is 1. The molecule has 0 aromatic heterocycles. The zero-order valence-corrected chi connectivity index (χ0v) is 8.31. The van der Waals surface area contributed by atoms with Crippen LogP contribution in [0.2, 0.25) is 0 Å². The third-order valence-electron chi connectivity index (χ3n) is 2.17. The van der Waals surface area contributed by atoms with Crippen molar-refractivity contribution in [1.82, 2.24) is 0 Å². The molecule has 13 heavy (non-hydrogen) atoms. The van der Waals surface area contributed by atoms with Crippen molar-refractivity contribution >= 4 is 17.8 Å². The minimum Gasteiger partial charge on any atom is -0.327 e. The van der Waals surface area contributed by atoms with Gasteiger partial charge in [0.2, 0.25) is 0 Å². The second kappa shape index (κ2) is 3.99. The highest BCUT2D eigenvalue weighted by Crippen LogP contribution is 2.31. The van der Waals surface area contributed by atoms with E-state index in [1.165, 1.54) is 28.2 Å². The molecule has 0 saturated carbocycles.